The zero-order valence-electron chi connectivity index (χ0n) is 8.45. The summed E-state index contributed by atoms with van der Waals surface area (Å²) in [5, 5.41) is 8.94. The molecule has 0 saturated carbocycles. The van der Waals surface area contributed by atoms with Crippen molar-refractivity contribution in [3.63, 3.8) is 0 Å². The van der Waals surface area contributed by atoms with Gasteiger partial charge in [0.15, 0.2) is 0 Å². The largest absolute Gasteiger partial charge is 0.301 e. The lowest BCUT2D eigenvalue weighted by molar-refractivity contribution is 0.279. The van der Waals surface area contributed by atoms with E-state index in [-0.39, 0.29) is 5.41 Å². The van der Waals surface area contributed by atoms with Gasteiger partial charge >= 0.3 is 0 Å². The molecular formula is C10H18N2S. The zero-order chi connectivity index (χ0) is 9.90. The maximum atomic E-state index is 8.94. The van der Waals surface area contributed by atoms with Crippen molar-refractivity contribution in [1.82, 2.24) is 4.90 Å². The van der Waals surface area contributed by atoms with Crippen LogP contribution in [0.3, 0.4) is 0 Å². The number of nitrogens with zero attached hydrogens (tertiary/aromatic N) is 2. The summed E-state index contributed by atoms with van der Waals surface area (Å²) < 4.78 is 0. The summed E-state index contributed by atoms with van der Waals surface area (Å²) in [5.41, 5.74) is -0.101. The van der Waals surface area contributed by atoms with Gasteiger partial charge in [0, 0.05) is 13.1 Å². The van der Waals surface area contributed by atoms with Crippen molar-refractivity contribution in [2.24, 2.45) is 11.3 Å². The lowest BCUT2D eigenvalue weighted by Gasteiger charge is -2.20. The minimum atomic E-state index is -0.101. The van der Waals surface area contributed by atoms with E-state index in [1.54, 1.807) is 0 Å². The van der Waals surface area contributed by atoms with Crippen LogP contribution >= 0.6 is 12.6 Å². The average Bonchev–Trinajstić information content (AvgIpc) is 2.48. The van der Waals surface area contributed by atoms with Crippen LogP contribution in [0.15, 0.2) is 0 Å². The van der Waals surface area contributed by atoms with Crippen molar-refractivity contribution in [2.75, 3.05) is 25.4 Å². The molecule has 1 rings (SSSR count). The van der Waals surface area contributed by atoms with Crippen molar-refractivity contribution in [2.45, 2.75) is 20.3 Å². The molecule has 0 N–H and O–H groups in total. The molecule has 1 fully saturated rings. The summed E-state index contributed by atoms with van der Waals surface area (Å²) >= 11 is 4.26. The first-order chi connectivity index (χ1) is 6.09. The molecule has 0 radical (unpaired) electrons. The molecule has 0 aromatic carbocycles. The van der Waals surface area contributed by atoms with Crippen LogP contribution in [0.4, 0.5) is 0 Å². The van der Waals surface area contributed by atoms with E-state index in [4.69, 9.17) is 5.26 Å². The molecule has 2 unspecified atom stereocenters. The lowest BCUT2D eigenvalue weighted by Crippen LogP contribution is -2.29. The molecule has 0 aromatic rings. The molecule has 0 spiro atoms. The van der Waals surface area contributed by atoms with Crippen LogP contribution in [-0.2, 0) is 0 Å². The summed E-state index contributed by atoms with van der Waals surface area (Å²) in [4.78, 5) is 2.38. The monoisotopic (exact) mass is 198 g/mol. The quantitative estimate of drug-likeness (QED) is 0.700. The molecule has 1 saturated heterocycles. The predicted molar refractivity (Wildman–Crippen MR) is 57.8 cm³/mol. The van der Waals surface area contributed by atoms with Gasteiger partial charge in [-0.1, -0.05) is 6.92 Å². The number of rotatable bonds is 3. The summed E-state index contributed by atoms with van der Waals surface area (Å²) in [5.74, 6) is 1.56. The first-order valence-corrected chi connectivity index (χ1v) is 5.47. The number of nitriles is 1. The van der Waals surface area contributed by atoms with E-state index in [9.17, 15) is 0 Å². The number of hydrogen-bond donors (Lipinski definition) is 1. The molecule has 3 heteroatoms. The lowest BCUT2D eigenvalue weighted by atomic mass is 9.92. The maximum absolute atomic E-state index is 8.94. The average molecular weight is 198 g/mol. The fourth-order valence-electron chi connectivity index (χ4n) is 1.80. The third-order valence-electron chi connectivity index (χ3n) is 2.70. The Kier molecular flexibility index (Phi) is 3.63. The molecule has 1 aliphatic heterocycles. The molecule has 13 heavy (non-hydrogen) atoms. The predicted octanol–water partition coefficient (Wildman–Crippen LogP) is 1.79. The highest BCUT2D eigenvalue weighted by molar-refractivity contribution is 7.80. The first kappa shape index (κ1) is 10.9. The second-order valence-electron chi connectivity index (χ2n) is 4.45. The van der Waals surface area contributed by atoms with E-state index in [0.29, 0.717) is 5.92 Å². The third kappa shape index (κ3) is 2.89. The second kappa shape index (κ2) is 4.34. The number of thiol groups is 1. The van der Waals surface area contributed by atoms with Crippen LogP contribution in [0, 0.1) is 22.7 Å². The third-order valence-corrected chi connectivity index (χ3v) is 3.33. The maximum Gasteiger partial charge on any atom is 0.0700 e. The van der Waals surface area contributed by atoms with Crippen LogP contribution in [0.2, 0.25) is 0 Å². The second-order valence-corrected chi connectivity index (χ2v) is 4.81. The highest BCUT2D eigenvalue weighted by Crippen LogP contribution is 2.29. The summed E-state index contributed by atoms with van der Waals surface area (Å²) in [6, 6.07) is 2.40. The summed E-state index contributed by atoms with van der Waals surface area (Å²) in [7, 11) is 0. The molecule has 1 heterocycles. The molecule has 0 amide bonds. The zero-order valence-corrected chi connectivity index (χ0v) is 9.35. The first-order valence-electron chi connectivity index (χ1n) is 4.84. The Morgan fingerprint density at radius 3 is 2.85 bits per heavy atom. The Morgan fingerprint density at radius 1 is 1.69 bits per heavy atom. The van der Waals surface area contributed by atoms with E-state index < -0.39 is 0 Å². The van der Waals surface area contributed by atoms with Crippen LogP contribution in [-0.4, -0.2) is 30.3 Å². The molecule has 1 aliphatic rings. The Bertz CT molecular complexity index is 211. The Morgan fingerprint density at radius 2 is 2.38 bits per heavy atom. The smallest absolute Gasteiger partial charge is 0.0700 e. The van der Waals surface area contributed by atoms with Gasteiger partial charge in [-0.2, -0.15) is 17.9 Å². The minimum absolute atomic E-state index is 0.101. The van der Waals surface area contributed by atoms with Crippen molar-refractivity contribution < 1.29 is 0 Å². The highest BCUT2D eigenvalue weighted by Gasteiger charge is 2.33. The van der Waals surface area contributed by atoms with Gasteiger partial charge in [0.05, 0.1) is 11.5 Å². The van der Waals surface area contributed by atoms with Gasteiger partial charge in [-0.3, -0.25) is 0 Å². The van der Waals surface area contributed by atoms with Crippen molar-refractivity contribution in [1.29, 1.82) is 5.26 Å². The molecule has 74 valence electrons. The molecule has 0 aromatic heterocycles. The van der Waals surface area contributed by atoms with Gasteiger partial charge in [-0.15, -0.1) is 0 Å². The minimum Gasteiger partial charge on any atom is -0.301 e. The van der Waals surface area contributed by atoms with Crippen molar-refractivity contribution in [3.05, 3.63) is 0 Å². The fourth-order valence-corrected chi connectivity index (χ4v) is 1.92. The van der Waals surface area contributed by atoms with E-state index >= 15 is 0 Å². The van der Waals surface area contributed by atoms with Crippen LogP contribution < -0.4 is 0 Å². The molecule has 2 nitrogen and oxygen atoms in total. The van der Waals surface area contributed by atoms with Crippen molar-refractivity contribution in [3.8, 4) is 6.07 Å². The summed E-state index contributed by atoms with van der Waals surface area (Å²) in [6.45, 7) is 7.35. The molecule has 0 bridgehead atoms. The van der Waals surface area contributed by atoms with Gasteiger partial charge in [-0.05, 0) is 31.6 Å². The standard InChI is InChI=1S/C10H18N2S/c1-9(6-13)5-12-4-3-10(2,7-11)8-12/h9,13H,3-6,8H2,1-2H3. The van der Waals surface area contributed by atoms with Crippen LogP contribution in [0.5, 0.6) is 0 Å². The normalized spacial score (nSPS) is 31.5. The van der Waals surface area contributed by atoms with Gasteiger partial charge in [0.1, 0.15) is 0 Å². The van der Waals surface area contributed by atoms with E-state index in [2.05, 4.69) is 37.4 Å². The van der Waals surface area contributed by atoms with Gasteiger partial charge in [-0.25, -0.2) is 0 Å². The number of likely N-dealkylation sites (tertiary alicyclic amines) is 1. The van der Waals surface area contributed by atoms with Gasteiger partial charge < -0.3 is 4.90 Å². The topological polar surface area (TPSA) is 27.0 Å². The summed E-state index contributed by atoms with van der Waals surface area (Å²) in [6.07, 6.45) is 1.02. The highest BCUT2D eigenvalue weighted by atomic mass is 32.1. The van der Waals surface area contributed by atoms with E-state index in [0.717, 1.165) is 31.8 Å². The Balaban J connectivity index is 2.38. The van der Waals surface area contributed by atoms with E-state index in [1.807, 2.05) is 0 Å². The van der Waals surface area contributed by atoms with E-state index in [1.165, 1.54) is 0 Å². The fraction of sp³-hybridized carbons (Fsp3) is 0.900. The SMILES string of the molecule is CC(CS)CN1CCC(C)(C#N)C1. The molecule has 2 atom stereocenters. The Labute approximate surface area is 86.3 Å². The van der Waals surface area contributed by atoms with Gasteiger partial charge in [0.25, 0.3) is 0 Å². The Hall–Kier alpha value is -0.200. The van der Waals surface area contributed by atoms with Crippen molar-refractivity contribution >= 4 is 12.6 Å². The number of hydrogen-bond acceptors (Lipinski definition) is 3. The molecular weight excluding hydrogens is 180 g/mol. The van der Waals surface area contributed by atoms with Gasteiger partial charge in [0.2, 0.25) is 0 Å². The van der Waals surface area contributed by atoms with Crippen LogP contribution in [0.1, 0.15) is 20.3 Å². The van der Waals surface area contributed by atoms with Crippen LogP contribution in [0.25, 0.3) is 0 Å². The molecule has 0 aliphatic carbocycles.